The van der Waals surface area contributed by atoms with Crippen molar-refractivity contribution in [1.29, 1.82) is 0 Å². The number of aromatic nitrogens is 3. The molecule has 2 heterocycles. The highest BCUT2D eigenvalue weighted by Gasteiger charge is 2.10. The molecule has 4 nitrogen and oxygen atoms in total. The highest BCUT2D eigenvalue weighted by Crippen LogP contribution is 2.24. The van der Waals surface area contributed by atoms with Crippen molar-refractivity contribution in [3.8, 4) is 0 Å². The van der Waals surface area contributed by atoms with Crippen molar-refractivity contribution in [3.05, 3.63) is 90.2 Å². The Labute approximate surface area is 166 Å². The summed E-state index contributed by atoms with van der Waals surface area (Å²) in [5.74, 6) is 0.0937. The molecular formula is C19H10Cl2FN3OS. The van der Waals surface area contributed by atoms with Crippen LogP contribution in [-0.4, -0.2) is 14.6 Å². The zero-order valence-corrected chi connectivity index (χ0v) is 15.9. The number of benzene rings is 2. The zero-order chi connectivity index (χ0) is 19.0. The molecule has 0 bridgehead atoms. The number of nitrogens with zero attached hydrogens (tertiary/aromatic N) is 3. The summed E-state index contributed by atoms with van der Waals surface area (Å²) in [7, 11) is 0. The van der Waals surface area contributed by atoms with E-state index in [0.717, 1.165) is 5.56 Å². The van der Waals surface area contributed by atoms with Gasteiger partial charge in [-0.05, 0) is 42.0 Å². The molecule has 2 aromatic heterocycles. The maximum atomic E-state index is 12.9. The third kappa shape index (κ3) is 3.64. The van der Waals surface area contributed by atoms with Gasteiger partial charge in [-0.25, -0.2) is 4.39 Å². The van der Waals surface area contributed by atoms with Gasteiger partial charge in [-0.3, -0.25) is 4.79 Å². The molecule has 0 saturated heterocycles. The van der Waals surface area contributed by atoms with E-state index in [1.165, 1.54) is 28.0 Å². The van der Waals surface area contributed by atoms with E-state index in [0.29, 0.717) is 30.9 Å². The van der Waals surface area contributed by atoms with E-state index in [4.69, 9.17) is 23.2 Å². The Bertz CT molecular complexity index is 1260. The van der Waals surface area contributed by atoms with Crippen molar-refractivity contribution in [2.24, 2.45) is 0 Å². The van der Waals surface area contributed by atoms with Gasteiger partial charge in [0.15, 0.2) is 5.82 Å². The number of fused-ring (bicyclic) bond motifs is 1. The minimum Gasteiger partial charge on any atom is -0.266 e. The molecule has 4 rings (SSSR count). The van der Waals surface area contributed by atoms with E-state index in [2.05, 4.69) is 10.1 Å². The molecule has 0 saturated carbocycles. The van der Waals surface area contributed by atoms with Gasteiger partial charge in [0.25, 0.3) is 5.56 Å². The summed E-state index contributed by atoms with van der Waals surface area (Å²) in [6.45, 7) is 0. The number of thiazole rings is 1. The van der Waals surface area contributed by atoms with Crippen LogP contribution >= 0.6 is 34.5 Å². The number of halogens is 3. The van der Waals surface area contributed by atoms with E-state index in [-0.39, 0.29) is 11.4 Å². The maximum absolute atomic E-state index is 12.9. The van der Waals surface area contributed by atoms with Crippen LogP contribution in [0.2, 0.25) is 10.0 Å². The summed E-state index contributed by atoms with van der Waals surface area (Å²) in [5.41, 5.74) is 1.10. The number of hydrogen-bond donors (Lipinski definition) is 0. The van der Waals surface area contributed by atoms with Gasteiger partial charge in [0, 0.05) is 15.6 Å². The molecular weight excluding hydrogens is 408 g/mol. The standard InChI is InChI=1S/C19H10Cl2FN3OS/c20-14-2-1-3-15(21)13(14)10-16-18(26)25-19(27-16)23-17(24-25)9-6-11-4-7-12(22)8-5-11/h1-10H. The van der Waals surface area contributed by atoms with Crippen molar-refractivity contribution in [2.75, 3.05) is 0 Å². The van der Waals surface area contributed by atoms with Gasteiger partial charge < -0.3 is 0 Å². The van der Waals surface area contributed by atoms with Crippen LogP contribution in [0.1, 0.15) is 17.0 Å². The lowest BCUT2D eigenvalue weighted by atomic mass is 10.2. The third-order valence-corrected chi connectivity index (χ3v) is 5.39. The van der Waals surface area contributed by atoms with E-state index < -0.39 is 0 Å². The monoisotopic (exact) mass is 417 g/mol. The van der Waals surface area contributed by atoms with Crippen LogP contribution in [0.3, 0.4) is 0 Å². The van der Waals surface area contributed by atoms with Crippen molar-refractivity contribution in [2.45, 2.75) is 0 Å². The van der Waals surface area contributed by atoms with Gasteiger partial charge in [0.05, 0.1) is 4.53 Å². The van der Waals surface area contributed by atoms with Crippen LogP contribution in [0.4, 0.5) is 4.39 Å². The van der Waals surface area contributed by atoms with Crippen molar-refractivity contribution < 1.29 is 4.39 Å². The molecule has 2 aromatic carbocycles. The van der Waals surface area contributed by atoms with Gasteiger partial charge >= 0.3 is 0 Å². The molecule has 134 valence electrons. The first kappa shape index (κ1) is 17.9. The average molecular weight is 418 g/mol. The molecule has 0 spiro atoms. The average Bonchev–Trinajstić information content (AvgIpc) is 3.17. The molecule has 27 heavy (non-hydrogen) atoms. The minimum atomic E-state index is -0.300. The lowest BCUT2D eigenvalue weighted by Crippen LogP contribution is -2.23. The van der Waals surface area contributed by atoms with Gasteiger partial charge in [-0.15, -0.1) is 5.10 Å². The number of hydrogen-bond acceptors (Lipinski definition) is 4. The Balaban J connectivity index is 1.71. The van der Waals surface area contributed by atoms with E-state index >= 15 is 0 Å². The SMILES string of the molecule is O=c1c(=Cc2c(Cl)cccc2Cl)sc2nc(C=Cc3ccc(F)cc3)nn12. The quantitative estimate of drug-likeness (QED) is 0.498. The largest absolute Gasteiger partial charge is 0.291 e. The van der Waals surface area contributed by atoms with Crippen LogP contribution in [0.15, 0.2) is 47.3 Å². The molecule has 0 unspecified atom stereocenters. The van der Waals surface area contributed by atoms with Gasteiger partial charge in [0.2, 0.25) is 4.96 Å². The van der Waals surface area contributed by atoms with Gasteiger partial charge in [-0.2, -0.15) is 9.50 Å². The lowest BCUT2D eigenvalue weighted by molar-refractivity contribution is 0.628. The summed E-state index contributed by atoms with van der Waals surface area (Å²) in [6, 6.07) is 11.2. The van der Waals surface area contributed by atoms with Crippen LogP contribution in [0.25, 0.3) is 23.2 Å². The third-order valence-electron chi connectivity index (χ3n) is 3.77. The maximum Gasteiger partial charge on any atom is 0.291 e. The molecule has 4 aromatic rings. The first-order valence-corrected chi connectivity index (χ1v) is 9.37. The van der Waals surface area contributed by atoms with Crippen LogP contribution < -0.4 is 10.1 Å². The van der Waals surface area contributed by atoms with Crippen LogP contribution in [0, 0.1) is 5.82 Å². The van der Waals surface area contributed by atoms with Crippen molar-refractivity contribution >= 4 is 57.7 Å². The molecule has 0 aliphatic rings. The van der Waals surface area contributed by atoms with Crippen LogP contribution in [-0.2, 0) is 0 Å². The summed E-state index contributed by atoms with van der Waals surface area (Å²) < 4.78 is 14.6. The summed E-state index contributed by atoms with van der Waals surface area (Å²) >= 11 is 13.5. The molecule has 0 amide bonds. The summed E-state index contributed by atoms with van der Waals surface area (Å²) in [4.78, 5) is 17.4. The van der Waals surface area contributed by atoms with Crippen LogP contribution in [0.5, 0.6) is 0 Å². The lowest BCUT2D eigenvalue weighted by Gasteiger charge is -1.99. The summed E-state index contributed by atoms with van der Waals surface area (Å²) in [6.07, 6.45) is 5.06. The molecule has 0 N–H and O–H groups in total. The fourth-order valence-electron chi connectivity index (χ4n) is 2.44. The molecule has 0 radical (unpaired) electrons. The summed E-state index contributed by atoms with van der Waals surface area (Å²) in [5, 5.41) is 5.13. The Kier molecular flexibility index (Phi) is 4.78. The van der Waals surface area contributed by atoms with Gasteiger partial charge in [0.1, 0.15) is 5.82 Å². The second kappa shape index (κ2) is 7.23. The Morgan fingerprint density at radius 1 is 1.04 bits per heavy atom. The van der Waals surface area contributed by atoms with Crippen molar-refractivity contribution in [1.82, 2.24) is 14.6 Å². The fraction of sp³-hybridized carbons (Fsp3) is 0. The Morgan fingerprint density at radius 2 is 1.74 bits per heavy atom. The highest BCUT2D eigenvalue weighted by atomic mass is 35.5. The molecule has 0 aliphatic heterocycles. The predicted octanol–water partition coefficient (Wildman–Crippen LogP) is 4.32. The second-order valence-corrected chi connectivity index (χ2v) is 7.42. The predicted molar refractivity (Wildman–Crippen MR) is 108 cm³/mol. The Morgan fingerprint density at radius 3 is 2.41 bits per heavy atom. The molecule has 0 atom stereocenters. The molecule has 0 aliphatic carbocycles. The van der Waals surface area contributed by atoms with Crippen molar-refractivity contribution in [3.63, 3.8) is 0 Å². The van der Waals surface area contributed by atoms with E-state index in [1.54, 1.807) is 48.6 Å². The topological polar surface area (TPSA) is 47.3 Å². The Hall–Kier alpha value is -2.54. The zero-order valence-electron chi connectivity index (χ0n) is 13.6. The number of rotatable bonds is 3. The first-order chi connectivity index (χ1) is 13.0. The fourth-order valence-corrected chi connectivity index (χ4v) is 3.85. The smallest absolute Gasteiger partial charge is 0.266 e. The second-order valence-electron chi connectivity index (χ2n) is 5.60. The highest BCUT2D eigenvalue weighted by molar-refractivity contribution is 7.15. The van der Waals surface area contributed by atoms with E-state index in [1.807, 2.05) is 0 Å². The van der Waals surface area contributed by atoms with E-state index in [9.17, 15) is 9.18 Å². The van der Waals surface area contributed by atoms with Gasteiger partial charge in [-0.1, -0.05) is 58.8 Å². The molecule has 8 heteroatoms. The molecule has 0 fully saturated rings. The normalized spacial score (nSPS) is 12.5. The first-order valence-electron chi connectivity index (χ1n) is 7.80. The minimum absolute atomic E-state index is 0.292.